The van der Waals surface area contributed by atoms with E-state index in [4.69, 9.17) is 28.4 Å². The van der Waals surface area contributed by atoms with Crippen LogP contribution in [-0.4, -0.2) is 18.5 Å². The van der Waals surface area contributed by atoms with Crippen LogP contribution in [0.5, 0.6) is 34.5 Å². The molecule has 0 radical (unpaired) electrons. The summed E-state index contributed by atoms with van der Waals surface area (Å²) in [5.41, 5.74) is 7.84. The number of carbonyl (C=O) groups excluding carboxylic acids is 3. The van der Waals surface area contributed by atoms with E-state index in [1.165, 1.54) is 11.1 Å². The quantitative estimate of drug-likeness (QED) is 0.0556. The molecule has 0 N–H and O–H groups in total. The molecule has 0 spiro atoms. The van der Waals surface area contributed by atoms with Crippen LogP contribution in [0.4, 0.5) is 14.4 Å². The molecule has 1 unspecified atom stereocenters. The Morgan fingerprint density at radius 3 is 0.684 bits per heavy atom. The van der Waals surface area contributed by atoms with Crippen molar-refractivity contribution in [2.24, 2.45) is 0 Å². The largest absolute Gasteiger partial charge is 0.519 e. The van der Waals surface area contributed by atoms with Crippen molar-refractivity contribution in [2.75, 3.05) is 0 Å². The van der Waals surface area contributed by atoms with E-state index in [0.29, 0.717) is 34.3 Å². The van der Waals surface area contributed by atoms with E-state index in [9.17, 15) is 19.6 Å². The van der Waals surface area contributed by atoms with Gasteiger partial charge in [-0.15, -0.1) is 0 Å². The number of hydrogen-bond donors (Lipinski definition) is 0. The molecule has 0 saturated carbocycles. The smallest absolute Gasteiger partial charge is 0.395 e. The fraction of sp³-hybridized carbons (Fsp3) is 0.159. The van der Waals surface area contributed by atoms with Gasteiger partial charge in [-0.25, -0.2) is 14.4 Å². The zero-order chi connectivity index (χ0) is 55.8. The fourth-order valence-corrected chi connectivity index (χ4v) is 9.70. The third kappa shape index (κ3) is 12.3. The first-order valence-corrected chi connectivity index (χ1v) is 25.9. The highest BCUT2D eigenvalue weighted by Crippen LogP contribution is 2.41. The van der Waals surface area contributed by atoms with Crippen molar-refractivity contribution < 1.29 is 42.8 Å². The van der Waals surface area contributed by atoms with Crippen LogP contribution in [0.2, 0.25) is 0 Å². The minimum absolute atomic E-state index is 0.227. The molecule has 1 atom stereocenters. The van der Waals surface area contributed by atoms with Crippen LogP contribution >= 0.6 is 0 Å². The number of hydrogen-bond acceptors (Lipinski definition) is 10. The van der Waals surface area contributed by atoms with E-state index in [-0.39, 0.29) is 16.6 Å². The lowest BCUT2D eigenvalue weighted by atomic mass is 9.71. The van der Waals surface area contributed by atoms with E-state index in [2.05, 4.69) is 71.9 Å². The number of benzene rings is 9. The molecule has 0 aliphatic heterocycles. The summed E-state index contributed by atoms with van der Waals surface area (Å²) in [5.74, 6) is 1.93. The van der Waals surface area contributed by atoms with Crippen LogP contribution < -0.4 is 28.4 Å². The Labute approximate surface area is 461 Å². The van der Waals surface area contributed by atoms with Crippen molar-refractivity contribution in [2.45, 2.75) is 70.1 Å². The third-order valence-corrected chi connectivity index (χ3v) is 15.0. The molecule has 0 heterocycles. The van der Waals surface area contributed by atoms with Gasteiger partial charge in [-0.05, 0) is 142 Å². The molecule has 9 rings (SSSR count). The van der Waals surface area contributed by atoms with Gasteiger partial charge in [0.1, 0.15) is 34.5 Å². The van der Waals surface area contributed by atoms with Gasteiger partial charge in [0.15, 0.2) is 0 Å². The zero-order valence-corrected chi connectivity index (χ0v) is 45.1. The minimum atomic E-state index is -0.911. The Bertz CT molecular complexity index is 3590. The molecule has 0 aliphatic carbocycles. The van der Waals surface area contributed by atoms with Crippen LogP contribution in [0.3, 0.4) is 0 Å². The summed E-state index contributed by atoms with van der Waals surface area (Å²) < 4.78 is 33.4. The molecule has 9 aromatic rings. The lowest BCUT2D eigenvalue weighted by Crippen LogP contribution is -2.25. The molecule has 9 aromatic carbocycles. The average Bonchev–Trinajstić information content (AvgIpc) is 3.56. The molecule has 394 valence electrons. The van der Waals surface area contributed by atoms with Gasteiger partial charge in [0.25, 0.3) is 0 Å². The average molecular weight is 1050 g/mol. The summed E-state index contributed by atoms with van der Waals surface area (Å²) in [4.78, 5) is 38.8. The van der Waals surface area contributed by atoms with Crippen molar-refractivity contribution in [3.8, 4) is 40.6 Å². The minimum Gasteiger partial charge on any atom is -0.395 e. The maximum atomic E-state index is 13.1. The van der Waals surface area contributed by atoms with E-state index in [0.717, 1.165) is 38.9 Å². The summed E-state index contributed by atoms with van der Waals surface area (Å²) in [6.45, 7) is 14.8. The third-order valence-electron chi connectivity index (χ3n) is 15.0. The van der Waals surface area contributed by atoms with Crippen LogP contribution in [0.15, 0.2) is 231 Å². The summed E-state index contributed by atoms with van der Waals surface area (Å²) >= 11 is 0. The van der Waals surface area contributed by atoms with Crippen LogP contribution in [0.25, 0.3) is 0 Å². The number of nitriles is 1. The van der Waals surface area contributed by atoms with Gasteiger partial charge in [0.2, 0.25) is 0 Å². The van der Waals surface area contributed by atoms with E-state index >= 15 is 0 Å². The maximum absolute atomic E-state index is 13.1. The topological polar surface area (TPSA) is 130 Å². The van der Waals surface area contributed by atoms with Crippen LogP contribution in [0.1, 0.15) is 104 Å². The second kappa shape index (κ2) is 22.9. The van der Waals surface area contributed by atoms with Crippen molar-refractivity contribution in [3.63, 3.8) is 0 Å². The first kappa shape index (κ1) is 54.1. The first-order chi connectivity index (χ1) is 37.9. The molecular formula is C69H59NO9. The predicted molar refractivity (Wildman–Crippen MR) is 305 cm³/mol. The van der Waals surface area contributed by atoms with Crippen molar-refractivity contribution in [1.82, 2.24) is 0 Å². The number of nitrogens with zero attached hydrogens (tertiary/aromatic N) is 1. The summed E-state index contributed by atoms with van der Waals surface area (Å²) in [7, 11) is 0. The Morgan fingerprint density at radius 1 is 0.278 bits per heavy atom. The molecule has 79 heavy (non-hydrogen) atoms. The van der Waals surface area contributed by atoms with Gasteiger partial charge in [-0.1, -0.05) is 187 Å². The van der Waals surface area contributed by atoms with Gasteiger partial charge >= 0.3 is 18.5 Å². The summed E-state index contributed by atoms with van der Waals surface area (Å²) in [5, 5.41) is 9.56. The normalized spacial score (nSPS) is 12.2. The second-order valence-electron chi connectivity index (χ2n) is 20.9. The molecule has 0 aliphatic rings. The predicted octanol–water partition coefficient (Wildman–Crippen LogP) is 16.6. The second-order valence-corrected chi connectivity index (χ2v) is 20.9. The highest BCUT2D eigenvalue weighted by molar-refractivity contribution is 5.69. The molecule has 0 aromatic heterocycles. The number of rotatable bonds is 15. The van der Waals surface area contributed by atoms with Gasteiger partial charge in [-0.3, -0.25) is 0 Å². The molecule has 0 bridgehead atoms. The lowest BCUT2D eigenvalue weighted by molar-refractivity contribution is 0.150. The van der Waals surface area contributed by atoms with E-state index in [1.807, 2.05) is 128 Å². The summed E-state index contributed by atoms with van der Waals surface area (Å²) in [6, 6.07) is 73.5. The standard InChI is InChI=1S/C69H59NO9/c1-66(2,48-14-10-8-11-15-48)50-22-34-57(35-23-50)74-63(71)75-59-38-26-52(27-39-59)68(5,6)53-28-40-60(41-29-53)77-65(73)79-62-44-32-56(33-45-62)69(7,54-20-18-47(46-70)19-21-54)55-30-42-61(43-31-55)78-64(72)76-58-36-24-51(25-37-58)67(3,4)49-16-12-9-13-17-49/h8-45H,1-7H3. The summed E-state index contributed by atoms with van der Waals surface area (Å²) in [6.07, 6.45) is -2.62. The molecular weight excluding hydrogens is 987 g/mol. The van der Waals surface area contributed by atoms with Gasteiger partial charge in [0.05, 0.1) is 11.6 Å². The Morgan fingerprint density at radius 2 is 0.468 bits per heavy atom. The monoisotopic (exact) mass is 1050 g/mol. The SMILES string of the molecule is CC(C)(c1ccccc1)c1ccc(OC(=O)Oc2ccc(C(C)(C)c3ccc(OC(=O)Oc4ccc(C(C)(c5ccc(C#N)cc5)c5ccc(OC(=O)Oc6ccc(C(C)(C)c7ccccc7)cc6)cc5)cc4)cc3)cc2)cc1. The lowest BCUT2D eigenvalue weighted by Gasteiger charge is -2.32. The number of ether oxygens (including phenoxy) is 6. The molecule has 0 amide bonds. The fourth-order valence-electron chi connectivity index (χ4n) is 9.70. The van der Waals surface area contributed by atoms with E-state index in [1.54, 1.807) is 84.9 Å². The molecule has 0 saturated heterocycles. The zero-order valence-electron chi connectivity index (χ0n) is 45.1. The van der Waals surface area contributed by atoms with Gasteiger partial charge in [0, 0.05) is 21.7 Å². The highest BCUT2D eigenvalue weighted by Gasteiger charge is 2.32. The first-order valence-electron chi connectivity index (χ1n) is 25.9. The van der Waals surface area contributed by atoms with Gasteiger partial charge < -0.3 is 28.4 Å². The van der Waals surface area contributed by atoms with Crippen molar-refractivity contribution >= 4 is 18.5 Å². The van der Waals surface area contributed by atoms with E-state index < -0.39 is 29.3 Å². The van der Waals surface area contributed by atoms with Gasteiger partial charge in [-0.2, -0.15) is 5.26 Å². The van der Waals surface area contributed by atoms with Crippen molar-refractivity contribution in [1.29, 1.82) is 5.26 Å². The molecule has 0 fully saturated rings. The molecule has 10 nitrogen and oxygen atoms in total. The molecule has 10 heteroatoms. The Kier molecular flexibility index (Phi) is 15.6. The van der Waals surface area contributed by atoms with Crippen LogP contribution in [-0.2, 0) is 21.7 Å². The van der Waals surface area contributed by atoms with Crippen LogP contribution in [0, 0.1) is 11.3 Å². The number of carbonyl (C=O) groups is 3. The Hall–Kier alpha value is -9.72. The Balaban J connectivity index is 0.795. The maximum Gasteiger partial charge on any atom is 0.519 e. The van der Waals surface area contributed by atoms with Crippen molar-refractivity contribution in [3.05, 3.63) is 286 Å². The highest BCUT2D eigenvalue weighted by atomic mass is 16.7.